The summed E-state index contributed by atoms with van der Waals surface area (Å²) in [5.74, 6) is -0.197. The second-order valence-corrected chi connectivity index (χ2v) is 4.16. The van der Waals surface area contributed by atoms with Crippen LogP contribution in [-0.2, 0) is 9.53 Å². The van der Waals surface area contributed by atoms with E-state index in [2.05, 4.69) is 5.32 Å². The number of carbonyl (C=O) groups is 2. The summed E-state index contributed by atoms with van der Waals surface area (Å²) in [6.07, 6.45) is 3.49. The summed E-state index contributed by atoms with van der Waals surface area (Å²) >= 11 is 0. The van der Waals surface area contributed by atoms with Gasteiger partial charge in [-0.15, -0.1) is 0 Å². The molecule has 3 heterocycles. The zero-order chi connectivity index (χ0) is 9.71. The van der Waals surface area contributed by atoms with Crippen LogP contribution in [0.2, 0.25) is 0 Å². The van der Waals surface area contributed by atoms with E-state index in [1.807, 2.05) is 0 Å². The number of carbonyl (C=O) groups excluding carboxylic acids is 2. The zero-order valence-electron chi connectivity index (χ0n) is 7.73. The molecule has 5 heteroatoms. The summed E-state index contributed by atoms with van der Waals surface area (Å²) in [5.41, 5.74) is 0. The molecule has 0 aromatic rings. The first-order valence-corrected chi connectivity index (χ1v) is 5.00. The summed E-state index contributed by atoms with van der Waals surface area (Å²) < 4.78 is 5.65. The minimum Gasteiger partial charge on any atom is -0.373 e. The molecule has 3 aliphatic rings. The molecule has 0 radical (unpaired) electrons. The Morgan fingerprint density at radius 1 is 1.36 bits per heavy atom. The number of urea groups is 1. The second kappa shape index (κ2) is 2.70. The van der Waals surface area contributed by atoms with Gasteiger partial charge in [-0.25, -0.2) is 4.79 Å². The van der Waals surface area contributed by atoms with Gasteiger partial charge in [0.2, 0.25) is 5.91 Å². The van der Waals surface area contributed by atoms with Crippen LogP contribution in [-0.4, -0.2) is 41.6 Å². The normalized spacial score (nSPS) is 40.9. The molecular weight excluding hydrogens is 184 g/mol. The molecule has 3 atom stereocenters. The Balaban J connectivity index is 1.77. The summed E-state index contributed by atoms with van der Waals surface area (Å²) in [6.45, 7) is 0.204. The number of imide groups is 1. The summed E-state index contributed by atoms with van der Waals surface area (Å²) in [6, 6.07) is -0.128. The van der Waals surface area contributed by atoms with Crippen molar-refractivity contribution < 1.29 is 14.3 Å². The summed E-state index contributed by atoms with van der Waals surface area (Å²) in [5, 5.41) is 2.30. The molecule has 0 aromatic carbocycles. The number of nitrogens with zero attached hydrogens (tertiary/aromatic N) is 1. The molecule has 0 aromatic heterocycles. The number of hydrogen-bond acceptors (Lipinski definition) is 3. The van der Waals surface area contributed by atoms with Crippen LogP contribution in [0.1, 0.15) is 19.3 Å². The van der Waals surface area contributed by atoms with Crippen molar-refractivity contribution >= 4 is 11.9 Å². The van der Waals surface area contributed by atoms with Crippen LogP contribution in [0.15, 0.2) is 0 Å². The van der Waals surface area contributed by atoms with Crippen molar-refractivity contribution in [3.8, 4) is 0 Å². The second-order valence-electron chi connectivity index (χ2n) is 4.16. The van der Waals surface area contributed by atoms with E-state index in [1.165, 1.54) is 0 Å². The van der Waals surface area contributed by atoms with Gasteiger partial charge in [0.1, 0.15) is 6.54 Å². The van der Waals surface area contributed by atoms with Crippen molar-refractivity contribution in [1.29, 1.82) is 0 Å². The molecule has 3 fully saturated rings. The van der Waals surface area contributed by atoms with Gasteiger partial charge in [-0.1, -0.05) is 0 Å². The van der Waals surface area contributed by atoms with Gasteiger partial charge in [0.25, 0.3) is 0 Å². The fourth-order valence-corrected chi connectivity index (χ4v) is 2.66. The van der Waals surface area contributed by atoms with Crippen LogP contribution >= 0.6 is 0 Å². The quantitative estimate of drug-likeness (QED) is 0.594. The van der Waals surface area contributed by atoms with E-state index in [0.717, 1.165) is 19.3 Å². The number of rotatable bonds is 1. The standard InChI is InChI=1S/C9H12N2O3/c12-8-4-11(9(13)10-8)6-3-5-1-2-7(6)14-5/h5-7H,1-4H2,(H,10,12,13). The van der Waals surface area contributed by atoms with E-state index < -0.39 is 0 Å². The fourth-order valence-electron chi connectivity index (χ4n) is 2.66. The van der Waals surface area contributed by atoms with Gasteiger partial charge < -0.3 is 9.64 Å². The van der Waals surface area contributed by atoms with Crippen LogP contribution in [0.4, 0.5) is 4.79 Å². The Morgan fingerprint density at radius 2 is 2.21 bits per heavy atom. The molecule has 3 amide bonds. The first kappa shape index (κ1) is 8.23. The maximum atomic E-state index is 11.4. The first-order valence-electron chi connectivity index (χ1n) is 5.00. The van der Waals surface area contributed by atoms with Crippen LogP contribution in [0, 0.1) is 0 Å². The predicted molar refractivity (Wildman–Crippen MR) is 46.5 cm³/mol. The Bertz CT molecular complexity index is 304. The number of ether oxygens (including phenoxy) is 1. The lowest BCUT2D eigenvalue weighted by Gasteiger charge is -2.26. The highest BCUT2D eigenvalue weighted by molar-refractivity contribution is 6.02. The van der Waals surface area contributed by atoms with Gasteiger partial charge in [-0.05, 0) is 19.3 Å². The Morgan fingerprint density at radius 3 is 2.71 bits per heavy atom. The molecule has 3 saturated heterocycles. The van der Waals surface area contributed by atoms with Gasteiger partial charge in [0.05, 0.1) is 18.2 Å². The molecular formula is C9H12N2O3. The third-order valence-electron chi connectivity index (χ3n) is 3.30. The topological polar surface area (TPSA) is 58.6 Å². The molecule has 3 rings (SSSR count). The molecule has 76 valence electrons. The number of nitrogens with one attached hydrogen (secondary N) is 1. The third-order valence-corrected chi connectivity index (χ3v) is 3.30. The Hall–Kier alpha value is -1.10. The van der Waals surface area contributed by atoms with Gasteiger partial charge >= 0.3 is 6.03 Å². The van der Waals surface area contributed by atoms with Gasteiger partial charge in [0.15, 0.2) is 0 Å². The van der Waals surface area contributed by atoms with E-state index in [9.17, 15) is 9.59 Å². The highest BCUT2D eigenvalue weighted by atomic mass is 16.5. The van der Waals surface area contributed by atoms with Crippen LogP contribution < -0.4 is 5.32 Å². The predicted octanol–water partition coefficient (Wildman–Crippen LogP) is -0.142. The van der Waals surface area contributed by atoms with Gasteiger partial charge in [0, 0.05) is 0 Å². The van der Waals surface area contributed by atoms with Gasteiger partial charge in [-0.2, -0.15) is 0 Å². The molecule has 5 nitrogen and oxygen atoms in total. The van der Waals surface area contributed by atoms with E-state index in [-0.39, 0.29) is 30.6 Å². The summed E-state index contributed by atoms with van der Waals surface area (Å²) in [7, 11) is 0. The highest BCUT2D eigenvalue weighted by Crippen LogP contribution is 2.37. The minimum atomic E-state index is -0.254. The zero-order valence-corrected chi connectivity index (χ0v) is 7.73. The van der Waals surface area contributed by atoms with Crippen molar-refractivity contribution in [3.05, 3.63) is 0 Å². The van der Waals surface area contributed by atoms with Crippen molar-refractivity contribution in [2.24, 2.45) is 0 Å². The van der Waals surface area contributed by atoms with E-state index in [1.54, 1.807) is 4.90 Å². The third kappa shape index (κ3) is 1.05. The largest absolute Gasteiger partial charge is 0.373 e. The highest BCUT2D eigenvalue weighted by Gasteiger charge is 2.47. The maximum absolute atomic E-state index is 11.4. The van der Waals surface area contributed by atoms with Crippen molar-refractivity contribution in [1.82, 2.24) is 10.2 Å². The molecule has 3 aliphatic heterocycles. The van der Waals surface area contributed by atoms with Crippen molar-refractivity contribution in [2.45, 2.75) is 37.5 Å². The van der Waals surface area contributed by atoms with Crippen molar-refractivity contribution in [2.75, 3.05) is 6.54 Å². The lowest BCUT2D eigenvalue weighted by molar-refractivity contribution is -0.118. The SMILES string of the molecule is O=C1CN(C2CC3CCC2O3)C(=O)N1. The number of fused-ring (bicyclic) bond motifs is 2. The van der Waals surface area contributed by atoms with Crippen LogP contribution in [0.3, 0.4) is 0 Å². The molecule has 3 unspecified atom stereocenters. The molecule has 0 spiro atoms. The molecule has 0 aliphatic carbocycles. The molecule has 14 heavy (non-hydrogen) atoms. The van der Waals surface area contributed by atoms with E-state index in [0.29, 0.717) is 6.10 Å². The van der Waals surface area contributed by atoms with E-state index >= 15 is 0 Å². The molecule has 2 bridgehead atoms. The summed E-state index contributed by atoms with van der Waals surface area (Å²) in [4.78, 5) is 24.0. The first-order chi connectivity index (χ1) is 6.74. The van der Waals surface area contributed by atoms with Gasteiger partial charge in [-0.3, -0.25) is 10.1 Å². The lowest BCUT2D eigenvalue weighted by Crippen LogP contribution is -2.43. The Kier molecular flexibility index (Phi) is 1.58. The van der Waals surface area contributed by atoms with Crippen LogP contribution in [0.25, 0.3) is 0 Å². The smallest absolute Gasteiger partial charge is 0.324 e. The average Bonchev–Trinajstić information content (AvgIpc) is 2.79. The van der Waals surface area contributed by atoms with Crippen molar-refractivity contribution in [3.63, 3.8) is 0 Å². The number of amides is 3. The average molecular weight is 196 g/mol. The van der Waals surface area contributed by atoms with Crippen LogP contribution in [0.5, 0.6) is 0 Å². The lowest BCUT2D eigenvalue weighted by atomic mass is 9.94. The molecule has 1 N–H and O–H groups in total. The Labute approximate surface area is 81.4 Å². The van der Waals surface area contributed by atoms with E-state index in [4.69, 9.17) is 4.74 Å². The maximum Gasteiger partial charge on any atom is 0.324 e. The number of hydrogen-bond donors (Lipinski definition) is 1. The molecule has 0 saturated carbocycles. The monoisotopic (exact) mass is 196 g/mol. The fraction of sp³-hybridized carbons (Fsp3) is 0.778. The minimum absolute atomic E-state index is 0.125.